The minimum Gasteiger partial charge on any atom is -0.497 e. The van der Waals surface area contributed by atoms with Crippen molar-refractivity contribution in [1.82, 2.24) is 15.1 Å². The van der Waals surface area contributed by atoms with Crippen molar-refractivity contribution < 1.29 is 14.3 Å². The van der Waals surface area contributed by atoms with Crippen LogP contribution >= 0.6 is 11.6 Å². The lowest BCUT2D eigenvalue weighted by Crippen LogP contribution is -2.28. The Morgan fingerprint density at radius 2 is 1.78 bits per heavy atom. The zero-order chi connectivity index (χ0) is 19.2. The number of carbonyl (C=O) groups excluding carboxylic acids is 1. The molecular formula is C19H19ClN4O3. The van der Waals surface area contributed by atoms with Gasteiger partial charge in [0, 0.05) is 12.3 Å². The number of urea groups is 1. The molecule has 0 atom stereocenters. The Balaban J connectivity index is 1.57. The lowest BCUT2D eigenvalue weighted by molar-refractivity contribution is 0.251. The van der Waals surface area contributed by atoms with Crippen LogP contribution in [0.25, 0.3) is 5.69 Å². The molecule has 2 aromatic carbocycles. The molecule has 2 amide bonds. The van der Waals surface area contributed by atoms with Gasteiger partial charge in [0.05, 0.1) is 42.9 Å². The molecule has 0 aliphatic rings. The molecule has 0 saturated heterocycles. The van der Waals surface area contributed by atoms with E-state index in [9.17, 15) is 4.79 Å². The minimum atomic E-state index is -0.374. The molecule has 140 valence electrons. The summed E-state index contributed by atoms with van der Waals surface area (Å²) in [6.45, 7) is 0.281. The maximum atomic E-state index is 12.1. The van der Waals surface area contributed by atoms with Crippen LogP contribution in [0.1, 0.15) is 5.69 Å². The number of nitrogens with one attached hydrogen (secondary N) is 2. The fourth-order valence-electron chi connectivity index (χ4n) is 2.40. The lowest BCUT2D eigenvalue weighted by Gasteiger charge is -2.09. The van der Waals surface area contributed by atoms with Crippen LogP contribution in [0.2, 0.25) is 5.02 Å². The van der Waals surface area contributed by atoms with E-state index >= 15 is 0 Å². The van der Waals surface area contributed by atoms with Crippen molar-refractivity contribution in [2.45, 2.75) is 6.54 Å². The Labute approximate surface area is 161 Å². The Bertz CT molecular complexity index is 925. The van der Waals surface area contributed by atoms with Gasteiger partial charge in [0.2, 0.25) is 0 Å². The molecule has 27 heavy (non-hydrogen) atoms. The van der Waals surface area contributed by atoms with Gasteiger partial charge in [-0.05, 0) is 42.5 Å². The number of ether oxygens (including phenoxy) is 2. The van der Waals surface area contributed by atoms with E-state index < -0.39 is 0 Å². The summed E-state index contributed by atoms with van der Waals surface area (Å²) in [5, 5.41) is 10.3. The van der Waals surface area contributed by atoms with Gasteiger partial charge < -0.3 is 20.1 Å². The number of methoxy groups -OCH3 is 2. The predicted molar refractivity (Wildman–Crippen MR) is 104 cm³/mol. The van der Waals surface area contributed by atoms with Crippen LogP contribution in [0.4, 0.5) is 10.5 Å². The molecule has 0 radical (unpaired) electrons. The van der Waals surface area contributed by atoms with Gasteiger partial charge in [-0.25, -0.2) is 9.48 Å². The highest BCUT2D eigenvalue weighted by Gasteiger charge is 2.08. The van der Waals surface area contributed by atoms with E-state index in [4.69, 9.17) is 21.1 Å². The first-order valence-corrected chi connectivity index (χ1v) is 8.54. The van der Waals surface area contributed by atoms with Gasteiger partial charge in [-0.15, -0.1) is 0 Å². The van der Waals surface area contributed by atoms with Gasteiger partial charge in [0.1, 0.15) is 11.5 Å². The van der Waals surface area contributed by atoms with Crippen LogP contribution in [0.5, 0.6) is 11.5 Å². The zero-order valence-electron chi connectivity index (χ0n) is 14.9. The standard InChI is InChI=1S/C19H19ClN4O3/c1-26-15-5-3-14(4-6-15)24-10-9-13(23-24)12-21-19(25)22-18-8-7-16(27-2)11-17(18)20/h3-11H,12H2,1-2H3,(H2,21,22,25). The molecule has 0 spiro atoms. The fourth-order valence-corrected chi connectivity index (χ4v) is 2.61. The van der Waals surface area contributed by atoms with Crippen molar-refractivity contribution in [3.05, 3.63) is 65.4 Å². The number of rotatable bonds is 6. The highest BCUT2D eigenvalue weighted by atomic mass is 35.5. The summed E-state index contributed by atoms with van der Waals surface area (Å²) < 4.78 is 12.0. The van der Waals surface area contributed by atoms with Crippen LogP contribution in [-0.2, 0) is 6.54 Å². The molecule has 1 heterocycles. The molecule has 0 bridgehead atoms. The number of anilines is 1. The van der Waals surface area contributed by atoms with Gasteiger partial charge in [-0.1, -0.05) is 11.6 Å². The van der Waals surface area contributed by atoms with Crippen LogP contribution in [0.15, 0.2) is 54.7 Å². The quantitative estimate of drug-likeness (QED) is 0.674. The third-order valence-electron chi connectivity index (χ3n) is 3.84. The normalized spacial score (nSPS) is 10.3. The van der Waals surface area contributed by atoms with Gasteiger partial charge in [0.15, 0.2) is 0 Å². The van der Waals surface area contributed by atoms with Crippen LogP contribution < -0.4 is 20.1 Å². The largest absolute Gasteiger partial charge is 0.497 e. The molecule has 0 fully saturated rings. The summed E-state index contributed by atoms with van der Waals surface area (Å²) in [4.78, 5) is 12.1. The van der Waals surface area contributed by atoms with Crippen molar-refractivity contribution in [3.8, 4) is 17.2 Å². The number of carbonyl (C=O) groups is 1. The first kappa shape index (κ1) is 18.6. The van der Waals surface area contributed by atoms with Gasteiger partial charge in [-0.3, -0.25) is 0 Å². The Hall–Kier alpha value is -3.19. The SMILES string of the molecule is COc1ccc(-n2ccc(CNC(=O)Nc3ccc(OC)cc3Cl)n2)cc1. The van der Waals surface area contributed by atoms with Gasteiger partial charge in [0.25, 0.3) is 0 Å². The number of aromatic nitrogens is 2. The van der Waals surface area contributed by atoms with E-state index in [-0.39, 0.29) is 12.6 Å². The first-order chi connectivity index (χ1) is 13.1. The van der Waals surface area contributed by atoms with E-state index in [1.54, 1.807) is 37.1 Å². The maximum Gasteiger partial charge on any atom is 0.319 e. The van der Waals surface area contributed by atoms with Crippen molar-refractivity contribution in [1.29, 1.82) is 0 Å². The van der Waals surface area contributed by atoms with Gasteiger partial charge >= 0.3 is 6.03 Å². The molecule has 2 N–H and O–H groups in total. The van der Waals surface area contributed by atoms with E-state index in [0.29, 0.717) is 16.5 Å². The Kier molecular flexibility index (Phi) is 5.83. The molecule has 8 heteroatoms. The molecule has 3 rings (SSSR count). The monoisotopic (exact) mass is 386 g/mol. The average Bonchev–Trinajstić information content (AvgIpc) is 3.17. The number of hydrogen-bond acceptors (Lipinski definition) is 4. The molecule has 7 nitrogen and oxygen atoms in total. The number of nitrogens with zero attached hydrogens (tertiary/aromatic N) is 2. The predicted octanol–water partition coefficient (Wildman–Crippen LogP) is 3.86. The van der Waals surface area contributed by atoms with Crippen LogP contribution in [0, 0.1) is 0 Å². The fraction of sp³-hybridized carbons (Fsp3) is 0.158. The second-order valence-electron chi connectivity index (χ2n) is 5.60. The molecule has 0 aliphatic heterocycles. The third-order valence-corrected chi connectivity index (χ3v) is 4.15. The van der Waals surface area contributed by atoms with Crippen LogP contribution in [0.3, 0.4) is 0 Å². The molecule has 3 aromatic rings. The van der Waals surface area contributed by atoms with E-state index in [1.165, 1.54) is 0 Å². The topological polar surface area (TPSA) is 77.4 Å². The summed E-state index contributed by atoms with van der Waals surface area (Å²) in [7, 11) is 3.17. The van der Waals surface area contributed by atoms with Crippen molar-refractivity contribution in [2.75, 3.05) is 19.5 Å². The Morgan fingerprint density at radius 1 is 1.07 bits per heavy atom. The van der Waals surface area contributed by atoms with E-state index in [0.717, 1.165) is 17.1 Å². The highest BCUT2D eigenvalue weighted by molar-refractivity contribution is 6.33. The first-order valence-electron chi connectivity index (χ1n) is 8.16. The van der Waals surface area contributed by atoms with E-state index in [1.807, 2.05) is 36.5 Å². The summed E-state index contributed by atoms with van der Waals surface area (Å²) in [6.07, 6.45) is 1.83. The lowest BCUT2D eigenvalue weighted by atomic mass is 10.3. The molecule has 1 aromatic heterocycles. The number of benzene rings is 2. The Morgan fingerprint density at radius 3 is 2.44 bits per heavy atom. The highest BCUT2D eigenvalue weighted by Crippen LogP contribution is 2.26. The molecule has 0 unspecified atom stereocenters. The minimum absolute atomic E-state index is 0.281. The van der Waals surface area contributed by atoms with Crippen molar-refractivity contribution in [3.63, 3.8) is 0 Å². The summed E-state index contributed by atoms with van der Waals surface area (Å²) in [6, 6.07) is 14.0. The summed E-state index contributed by atoms with van der Waals surface area (Å²) in [5.74, 6) is 1.40. The second-order valence-corrected chi connectivity index (χ2v) is 6.01. The third kappa shape index (κ3) is 4.71. The van der Waals surface area contributed by atoms with Gasteiger partial charge in [-0.2, -0.15) is 5.10 Å². The van der Waals surface area contributed by atoms with Crippen molar-refractivity contribution in [2.24, 2.45) is 0 Å². The second kappa shape index (κ2) is 8.46. The van der Waals surface area contributed by atoms with E-state index in [2.05, 4.69) is 15.7 Å². The zero-order valence-corrected chi connectivity index (χ0v) is 15.7. The van der Waals surface area contributed by atoms with Crippen molar-refractivity contribution >= 4 is 23.3 Å². The maximum absolute atomic E-state index is 12.1. The molecule has 0 saturated carbocycles. The number of amides is 2. The number of halogens is 1. The molecular weight excluding hydrogens is 368 g/mol. The summed E-state index contributed by atoms with van der Waals surface area (Å²) >= 11 is 6.12. The smallest absolute Gasteiger partial charge is 0.319 e. The molecule has 0 aliphatic carbocycles. The summed E-state index contributed by atoms with van der Waals surface area (Å²) in [5.41, 5.74) is 2.12. The average molecular weight is 387 g/mol. The number of hydrogen-bond donors (Lipinski definition) is 2. The van der Waals surface area contributed by atoms with Crippen LogP contribution in [-0.4, -0.2) is 30.0 Å².